The summed E-state index contributed by atoms with van der Waals surface area (Å²) in [6.07, 6.45) is 2.19. The monoisotopic (exact) mass is 340 g/mol. The van der Waals surface area contributed by atoms with Crippen LogP contribution in [0.3, 0.4) is 0 Å². The fraction of sp³-hybridized carbons (Fsp3) is 0.600. The highest BCUT2D eigenvalue weighted by atomic mass is 16.2. The second-order valence-corrected chi connectivity index (χ2v) is 7.90. The molecule has 2 aromatic rings. The number of piperazine rings is 1. The number of amides is 1. The fourth-order valence-electron chi connectivity index (χ4n) is 3.73. The van der Waals surface area contributed by atoms with Gasteiger partial charge in [-0.1, -0.05) is 26.0 Å². The lowest BCUT2D eigenvalue weighted by Crippen LogP contribution is -2.49. The van der Waals surface area contributed by atoms with E-state index in [4.69, 9.17) is 4.98 Å². The molecule has 25 heavy (non-hydrogen) atoms. The van der Waals surface area contributed by atoms with Crippen molar-refractivity contribution in [2.45, 2.75) is 39.8 Å². The molecule has 1 aromatic carbocycles. The molecule has 1 saturated heterocycles. The summed E-state index contributed by atoms with van der Waals surface area (Å²) in [5.41, 5.74) is 2.31. The smallest absolute Gasteiger partial charge is 0.225 e. The lowest BCUT2D eigenvalue weighted by Gasteiger charge is -2.34. The number of carbonyl (C=O) groups is 1. The first-order valence-corrected chi connectivity index (χ1v) is 9.57. The first kappa shape index (κ1) is 16.6. The largest absolute Gasteiger partial charge is 0.340 e. The predicted octanol–water partition coefficient (Wildman–Crippen LogP) is 2.75. The Morgan fingerprint density at radius 2 is 1.88 bits per heavy atom. The molecule has 1 aliphatic heterocycles. The summed E-state index contributed by atoms with van der Waals surface area (Å²) in [6.45, 7) is 9.98. The minimum Gasteiger partial charge on any atom is -0.340 e. The summed E-state index contributed by atoms with van der Waals surface area (Å²) in [5, 5.41) is 0. The van der Waals surface area contributed by atoms with Crippen LogP contribution in [0.25, 0.3) is 11.0 Å². The van der Waals surface area contributed by atoms with Crippen LogP contribution in [0, 0.1) is 11.8 Å². The average molecular weight is 340 g/mol. The molecule has 1 aliphatic carbocycles. The van der Waals surface area contributed by atoms with Gasteiger partial charge >= 0.3 is 0 Å². The van der Waals surface area contributed by atoms with Crippen LogP contribution in [0.2, 0.25) is 0 Å². The molecule has 0 atom stereocenters. The van der Waals surface area contributed by atoms with E-state index in [2.05, 4.69) is 52.5 Å². The summed E-state index contributed by atoms with van der Waals surface area (Å²) >= 11 is 0. The maximum Gasteiger partial charge on any atom is 0.225 e. The third-order valence-electron chi connectivity index (χ3n) is 5.26. The summed E-state index contributed by atoms with van der Waals surface area (Å²) in [5.74, 6) is 2.45. The summed E-state index contributed by atoms with van der Waals surface area (Å²) in [4.78, 5) is 21.6. The molecule has 0 unspecified atom stereocenters. The molecule has 2 aliphatic rings. The zero-order chi connectivity index (χ0) is 17.4. The normalized spacial score (nSPS) is 19.1. The maximum atomic E-state index is 12.2. The van der Waals surface area contributed by atoms with Gasteiger partial charge in [-0.05, 0) is 30.9 Å². The van der Waals surface area contributed by atoms with Crippen molar-refractivity contribution >= 4 is 16.9 Å². The van der Waals surface area contributed by atoms with E-state index >= 15 is 0 Å². The number of hydrogen-bond acceptors (Lipinski definition) is 3. The Bertz CT molecular complexity index is 754. The van der Waals surface area contributed by atoms with Gasteiger partial charge in [0.2, 0.25) is 5.91 Å². The van der Waals surface area contributed by atoms with Crippen molar-refractivity contribution in [1.82, 2.24) is 19.4 Å². The number of benzene rings is 1. The molecule has 4 rings (SSSR count). The highest BCUT2D eigenvalue weighted by Crippen LogP contribution is 2.31. The SMILES string of the molecule is CC(C)Cn1c(CN2CCN(C(=O)C3CC3)CC2)nc2ccccc21. The molecule has 1 saturated carbocycles. The second-order valence-electron chi connectivity index (χ2n) is 7.90. The van der Waals surface area contributed by atoms with E-state index in [1.165, 1.54) is 5.52 Å². The number of carbonyl (C=O) groups excluding carboxylic acids is 1. The van der Waals surface area contributed by atoms with Crippen LogP contribution in [0.1, 0.15) is 32.5 Å². The molecule has 1 amide bonds. The summed E-state index contributed by atoms with van der Waals surface area (Å²) in [7, 11) is 0. The van der Waals surface area contributed by atoms with Crippen molar-refractivity contribution in [2.24, 2.45) is 11.8 Å². The molecule has 134 valence electrons. The molecule has 0 radical (unpaired) electrons. The van der Waals surface area contributed by atoms with Crippen molar-refractivity contribution in [2.75, 3.05) is 26.2 Å². The van der Waals surface area contributed by atoms with Gasteiger partial charge in [-0.25, -0.2) is 4.98 Å². The standard InChI is InChI=1S/C20H28N4O/c1-15(2)13-24-18-6-4-3-5-17(18)21-19(24)14-22-9-11-23(12-10-22)20(25)16-7-8-16/h3-6,15-16H,7-14H2,1-2H3. The number of para-hydroxylation sites is 2. The first-order chi connectivity index (χ1) is 12.1. The summed E-state index contributed by atoms with van der Waals surface area (Å²) in [6, 6.07) is 8.41. The van der Waals surface area contributed by atoms with Crippen molar-refractivity contribution in [3.63, 3.8) is 0 Å². The molecule has 5 heteroatoms. The molecule has 2 heterocycles. The highest BCUT2D eigenvalue weighted by Gasteiger charge is 2.34. The topological polar surface area (TPSA) is 41.4 Å². The Morgan fingerprint density at radius 3 is 2.56 bits per heavy atom. The van der Waals surface area contributed by atoms with Gasteiger partial charge in [0.15, 0.2) is 0 Å². The van der Waals surface area contributed by atoms with Gasteiger partial charge in [-0.2, -0.15) is 0 Å². The number of aromatic nitrogens is 2. The van der Waals surface area contributed by atoms with E-state index in [1.54, 1.807) is 0 Å². The lowest BCUT2D eigenvalue weighted by atomic mass is 10.2. The molecule has 0 N–H and O–H groups in total. The van der Waals surface area contributed by atoms with Crippen LogP contribution >= 0.6 is 0 Å². The average Bonchev–Trinajstić information content (AvgIpc) is 3.40. The minimum absolute atomic E-state index is 0.335. The molecule has 0 spiro atoms. The number of fused-ring (bicyclic) bond motifs is 1. The molecular weight excluding hydrogens is 312 g/mol. The minimum atomic E-state index is 0.335. The van der Waals surface area contributed by atoms with Crippen molar-refractivity contribution in [3.05, 3.63) is 30.1 Å². The van der Waals surface area contributed by atoms with Crippen LogP contribution in [0.5, 0.6) is 0 Å². The third kappa shape index (κ3) is 3.56. The summed E-state index contributed by atoms with van der Waals surface area (Å²) < 4.78 is 2.38. The van der Waals surface area contributed by atoms with E-state index in [-0.39, 0.29) is 0 Å². The number of nitrogens with zero attached hydrogens (tertiary/aromatic N) is 4. The Hall–Kier alpha value is -1.88. The molecule has 2 fully saturated rings. The van der Waals surface area contributed by atoms with E-state index < -0.39 is 0 Å². The Kier molecular flexibility index (Phi) is 4.50. The molecule has 0 bridgehead atoms. The fourth-order valence-corrected chi connectivity index (χ4v) is 3.73. The number of imidazole rings is 1. The zero-order valence-corrected chi connectivity index (χ0v) is 15.3. The van der Waals surface area contributed by atoms with Crippen LogP contribution in [-0.4, -0.2) is 51.4 Å². The van der Waals surface area contributed by atoms with E-state index in [0.717, 1.165) is 63.5 Å². The quantitative estimate of drug-likeness (QED) is 0.840. The Labute approximate surface area is 149 Å². The molecule has 5 nitrogen and oxygen atoms in total. The van der Waals surface area contributed by atoms with Crippen LogP contribution < -0.4 is 0 Å². The van der Waals surface area contributed by atoms with Crippen molar-refractivity contribution in [3.8, 4) is 0 Å². The Balaban J connectivity index is 1.46. The number of rotatable bonds is 5. The van der Waals surface area contributed by atoms with Crippen LogP contribution in [-0.2, 0) is 17.9 Å². The first-order valence-electron chi connectivity index (χ1n) is 9.57. The Morgan fingerprint density at radius 1 is 1.16 bits per heavy atom. The van der Waals surface area contributed by atoms with Gasteiger partial charge in [-0.3, -0.25) is 9.69 Å². The van der Waals surface area contributed by atoms with E-state index in [0.29, 0.717) is 17.7 Å². The van der Waals surface area contributed by atoms with Crippen LogP contribution in [0.15, 0.2) is 24.3 Å². The van der Waals surface area contributed by atoms with Gasteiger partial charge in [0.05, 0.1) is 17.6 Å². The zero-order valence-electron chi connectivity index (χ0n) is 15.3. The van der Waals surface area contributed by atoms with Crippen molar-refractivity contribution < 1.29 is 4.79 Å². The maximum absolute atomic E-state index is 12.2. The lowest BCUT2D eigenvalue weighted by molar-refractivity contribution is -0.134. The van der Waals surface area contributed by atoms with Gasteiger partial charge in [0.25, 0.3) is 0 Å². The molecule has 1 aromatic heterocycles. The predicted molar refractivity (Wildman–Crippen MR) is 99.2 cm³/mol. The number of hydrogen-bond donors (Lipinski definition) is 0. The van der Waals surface area contributed by atoms with Crippen molar-refractivity contribution in [1.29, 1.82) is 0 Å². The van der Waals surface area contributed by atoms with Crippen LogP contribution in [0.4, 0.5) is 0 Å². The van der Waals surface area contributed by atoms with Gasteiger partial charge < -0.3 is 9.47 Å². The van der Waals surface area contributed by atoms with Gasteiger partial charge in [0, 0.05) is 38.6 Å². The van der Waals surface area contributed by atoms with E-state index in [1.807, 2.05) is 0 Å². The third-order valence-corrected chi connectivity index (χ3v) is 5.26. The van der Waals surface area contributed by atoms with Gasteiger partial charge in [-0.15, -0.1) is 0 Å². The van der Waals surface area contributed by atoms with E-state index in [9.17, 15) is 4.79 Å². The highest BCUT2D eigenvalue weighted by molar-refractivity contribution is 5.81. The van der Waals surface area contributed by atoms with Gasteiger partial charge in [0.1, 0.15) is 5.82 Å². The molecular formula is C20H28N4O. The second kappa shape index (κ2) is 6.79.